The first-order valence-corrected chi connectivity index (χ1v) is 9.16. The molecule has 1 spiro atoms. The standard InChI is InChI=1S/C19H27N3O4/c1-22(2)15-8-6-14(7-9-15)21-18(24)17(23)20-12-16-13-25-19(26-16)10-4-3-5-11-19/h6-9,16H,3-5,10-13H2,1-2H3,(H,20,23)(H,21,24)/t16-/m1/s1. The fourth-order valence-electron chi connectivity index (χ4n) is 3.39. The Labute approximate surface area is 154 Å². The van der Waals surface area contributed by atoms with Crippen LogP contribution in [0.4, 0.5) is 11.4 Å². The average Bonchev–Trinajstić information content (AvgIpc) is 3.03. The highest BCUT2D eigenvalue weighted by Gasteiger charge is 2.42. The van der Waals surface area contributed by atoms with Crippen molar-refractivity contribution in [3.8, 4) is 0 Å². The Morgan fingerprint density at radius 3 is 2.46 bits per heavy atom. The van der Waals surface area contributed by atoms with Gasteiger partial charge >= 0.3 is 11.8 Å². The third-order valence-electron chi connectivity index (χ3n) is 4.87. The SMILES string of the molecule is CN(C)c1ccc(NC(=O)C(=O)NC[C@@H]2COC3(CCCCC3)O2)cc1. The molecule has 7 nitrogen and oxygen atoms in total. The van der Waals surface area contributed by atoms with Gasteiger partial charge in [0.05, 0.1) is 6.61 Å². The van der Waals surface area contributed by atoms with Crippen molar-refractivity contribution in [3.05, 3.63) is 24.3 Å². The van der Waals surface area contributed by atoms with E-state index in [2.05, 4.69) is 10.6 Å². The van der Waals surface area contributed by atoms with Gasteiger partial charge in [0.15, 0.2) is 5.79 Å². The Morgan fingerprint density at radius 1 is 1.12 bits per heavy atom. The molecule has 1 aliphatic heterocycles. The smallest absolute Gasteiger partial charge is 0.313 e. The molecule has 0 unspecified atom stereocenters. The Kier molecular flexibility index (Phi) is 5.78. The second-order valence-electron chi connectivity index (χ2n) is 7.13. The fourth-order valence-corrected chi connectivity index (χ4v) is 3.39. The molecule has 1 aliphatic carbocycles. The predicted octanol–water partition coefficient (Wildman–Crippen LogP) is 1.88. The van der Waals surface area contributed by atoms with Gasteiger partial charge in [0.2, 0.25) is 0 Å². The highest BCUT2D eigenvalue weighted by atomic mass is 16.7. The third-order valence-corrected chi connectivity index (χ3v) is 4.87. The summed E-state index contributed by atoms with van der Waals surface area (Å²) in [4.78, 5) is 26.0. The minimum atomic E-state index is -0.686. The van der Waals surface area contributed by atoms with E-state index in [-0.39, 0.29) is 12.6 Å². The van der Waals surface area contributed by atoms with Crippen LogP contribution in [-0.2, 0) is 19.1 Å². The molecule has 1 atom stereocenters. The Bertz CT molecular complexity index is 639. The number of carbonyl (C=O) groups is 2. The van der Waals surface area contributed by atoms with Crippen LogP contribution in [0, 0.1) is 0 Å². The highest BCUT2D eigenvalue weighted by Crippen LogP contribution is 2.37. The van der Waals surface area contributed by atoms with E-state index in [4.69, 9.17) is 9.47 Å². The molecule has 0 radical (unpaired) electrons. The molecule has 3 rings (SSSR count). The van der Waals surface area contributed by atoms with Crippen LogP contribution in [-0.4, -0.2) is 51.0 Å². The number of hydrogen-bond acceptors (Lipinski definition) is 5. The fraction of sp³-hybridized carbons (Fsp3) is 0.579. The molecule has 1 aromatic carbocycles. The first-order valence-electron chi connectivity index (χ1n) is 9.16. The first kappa shape index (κ1) is 18.7. The van der Waals surface area contributed by atoms with Gasteiger partial charge in [-0.05, 0) is 37.1 Å². The molecule has 0 bridgehead atoms. The van der Waals surface area contributed by atoms with Gasteiger partial charge in [0.1, 0.15) is 6.10 Å². The molecule has 142 valence electrons. The second kappa shape index (κ2) is 8.05. The van der Waals surface area contributed by atoms with Crippen LogP contribution in [0.5, 0.6) is 0 Å². The lowest BCUT2D eigenvalue weighted by atomic mass is 9.94. The summed E-state index contributed by atoms with van der Waals surface area (Å²) in [5.41, 5.74) is 1.60. The Hall–Kier alpha value is -2.12. The normalized spacial score (nSPS) is 21.4. The molecule has 0 aromatic heterocycles. The summed E-state index contributed by atoms with van der Waals surface area (Å²) in [7, 11) is 3.88. The molecule has 1 aromatic rings. The van der Waals surface area contributed by atoms with Crippen molar-refractivity contribution in [2.24, 2.45) is 0 Å². The van der Waals surface area contributed by atoms with Crippen molar-refractivity contribution in [1.29, 1.82) is 0 Å². The van der Waals surface area contributed by atoms with Crippen LogP contribution in [0.1, 0.15) is 32.1 Å². The lowest BCUT2D eigenvalue weighted by molar-refractivity contribution is -0.186. The van der Waals surface area contributed by atoms with Gasteiger partial charge in [-0.3, -0.25) is 9.59 Å². The number of carbonyl (C=O) groups excluding carboxylic acids is 2. The summed E-state index contributed by atoms with van der Waals surface area (Å²) >= 11 is 0. The van der Waals surface area contributed by atoms with Crippen LogP contribution in [0.25, 0.3) is 0 Å². The van der Waals surface area contributed by atoms with Crippen molar-refractivity contribution in [2.75, 3.05) is 37.5 Å². The number of ether oxygens (including phenoxy) is 2. The molecule has 7 heteroatoms. The number of anilines is 2. The minimum Gasteiger partial charge on any atom is -0.378 e. The molecule has 1 heterocycles. The maximum atomic E-state index is 12.0. The van der Waals surface area contributed by atoms with Crippen LogP contribution in [0.3, 0.4) is 0 Å². The lowest BCUT2D eigenvalue weighted by Gasteiger charge is -2.31. The van der Waals surface area contributed by atoms with Crippen molar-refractivity contribution < 1.29 is 19.1 Å². The van der Waals surface area contributed by atoms with E-state index in [1.54, 1.807) is 12.1 Å². The molecule has 26 heavy (non-hydrogen) atoms. The summed E-state index contributed by atoms with van der Waals surface area (Å²) in [5.74, 6) is -1.83. The number of hydrogen-bond donors (Lipinski definition) is 2. The molecular weight excluding hydrogens is 334 g/mol. The monoisotopic (exact) mass is 361 g/mol. The van der Waals surface area contributed by atoms with Gasteiger partial charge in [0.25, 0.3) is 0 Å². The van der Waals surface area contributed by atoms with Crippen molar-refractivity contribution in [1.82, 2.24) is 5.32 Å². The summed E-state index contributed by atoms with van der Waals surface area (Å²) < 4.78 is 11.8. The summed E-state index contributed by atoms with van der Waals surface area (Å²) in [5, 5.41) is 5.23. The molecule has 2 amide bonds. The van der Waals surface area contributed by atoms with Gasteiger partial charge in [-0.1, -0.05) is 6.42 Å². The molecule has 1 saturated carbocycles. The number of amides is 2. The van der Waals surface area contributed by atoms with Crippen LogP contribution < -0.4 is 15.5 Å². The van der Waals surface area contributed by atoms with Gasteiger partial charge in [-0.15, -0.1) is 0 Å². The summed E-state index contributed by atoms with van der Waals surface area (Å²) in [6.45, 7) is 0.724. The largest absolute Gasteiger partial charge is 0.378 e. The summed E-state index contributed by atoms with van der Waals surface area (Å²) in [6.07, 6.45) is 5.03. The zero-order valence-corrected chi connectivity index (χ0v) is 15.4. The second-order valence-corrected chi connectivity index (χ2v) is 7.13. The van der Waals surface area contributed by atoms with E-state index in [9.17, 15) is 9.59 Å². The highest BCUT2D eigenvalue weighted by molar-refractivity contribution is 6.39. The maximum absolute atomic E-state index is 12.0. The number of benzene rings is 1. The quantitative estimate of drug-likeness (QED) is 0.801. The van der Waals surface area contributed by atoms with Gasteiger partial charge < -0.3 is 25.0 Å². The van der Waals surface area contributed by atoms with Gasteiger partial charge in [-0.2, -0.15) is 0 Å². The van der Waals surface area contributed by atoms with Crippen molar-refractivity contribution >= 4 is 23.2 Å². The van der Waals surface area contributed by atoms with E-state index in [0.717, 1.165) is 31.4 Å². The lowest BCUT2D eigenvalue weighted by Crippen LogP contribution is -2.41. The average molecular weight is 361 g/mol. The number of nitrogens with zero attached hydrogens (tertiary/aromatic N) is 1. The molecule has 2 fully saturated rings. The zero-order valence-electron chi connectivity index (χ0n) is 15.4. The Morgan fingerprint density at radius 2 is 1.81 bits per heavy atom. The number of rotatable bonds is 4. The van der Waals surface area contributed by atoms with Crippen LogP contribution >= 0.6 is 0 Å². The Balaban J connectivity index is 1.44. The molecule has 2 aliphatic rings. The number of nitrogens with one attached hydrogen (secondary N) is 2. The molecular formula is C19H27N3O4. The van der Waals surface area contributed by atoms with Gasteiger partial charge in [0, 0.05) is 44.9 Å². The molecule has 2 N–H and O–H groups in total. The van der Waals surface area contributed by atoms with Crippen LogP contribution in [0.2, 0.25) is 0 Å². The van der Waals surface area contributed by atoms with Gasteiger partial charge in [-0.25, -0.2) is 0 Å². The van der Waals surface area contributed by atoms with E-state index in [1.165, 1.54) is 6.42 Å². The summed E-state index contributed by atoms with van der Waals surface area (Å²) in [6, 6.07) is 7.28. The minimum absolute atomic E-state index is 0.204. The maximum Gasteiger partial charge on any atom is 0.313 e. The molecule has 1 saturated heterocycles. The van der Waals surface area contributed by atoms with E-state index < -0.39 is 17.6 Å². The van der Waals surface area contributed by atoms with E-state index in [1.807, 2.05) is 31.1 Å². The van der Waals surface area contributed by atoms with Crippen molar-refractivity contribution in [3.63, 3.8) is 0 Å². The topological polar surface area (TPSA) is 79.9 Å². The third kappa shape index (κ3) is 4.53. The van der Waals surface area contributed by atoms with E-state index in [0.29, 0.717) is 12.3 Å². The van der Waals surface area contributed by atoms with E-state index >= 15 is 0 Å². The first-order chi connectivity index (χ1) is 12.5. The van der Waals surface area contributed by atoms with Crippen LogP contribution in [0.15, 0.2) is 24.3 Å². The zero-order chi connectivity index (χ0) is 18.6. The van der Waals surface area contributed by atoms with Crippen molar-refractivity contribution in [2.45, 2.75) is 44.0 Å². The predicted molar refractivity (Wildman–Crippen MR) is 99.0 cm³/mol.